The molecule has 2 heteroatoms. The Morgan fingerprint density at radius 3 is 2.62 bits per heavy atom. The number of ether oxygens (including phenoxy) is 1. The maximum atomic E-state index is 6.29. The molecule has 0 amide bonds. The first-order valence-corrected chi connectivity index (χ1v) is 8.76. The van der Waals surface area contributed by atoms with Crippen molar-refractivity contribution >= 4 is 0 Å². The van der Waals surface area contributed by atoms with E-state index in [2.05, 4.69) is 42.6 Å². The van der Waals surface area contributed by atoms with Crippen LogP contribution in [-0.4, -0.2) is 25.3 Å². The Kier molecular flexibility index (Phi) is 5.32. The molecule has 0 radical (unpaired) electrons. The van der Waals surface area contributed by atoms with Gasteiger partial charge in [0.1, 0.15) is 0 Å². The fourth-order valence-electron chi connectivity index (χ4n) is 3.63. The smallest absolute Gasteiger partial charge is 0.0733 e. The van der Waals surface area contributed by atoms with Gasteiger partial charge in [0.15, 0.2) is 0 Å². The number of benzene rings is 1. The topological polar surface area (TPSA) is 21.3 Å². The molecule has 2 aliphatic carbocycles. The van der Waals surface area contributed by atoms with Crippen molar-refractivity contribution < 1.29 is 4.74 Å². The molecule has 0 aromatic heterocycles. The molecule has 2 fully saturated rings. The summed E-state index contributed by atoms with van der Waals surface area (Å²) in [5.74, 6) is 1.64. The van der Waals surface area contributed by atoms with Crippen molar-refractivity contribution in [2.75, 3.05) is 13.2 Å². The fraction of sp³-hybridized carbons (Fsp3) is 0.684. The number of hydrogen-bond donors (Lipinski definition) is 1. The molecule has 2 saturated carbocycles. The Morgan fingerprint density at radius 2 is 1.90 bits per heavy atom. The van der Waals surface area contributed by atoms with Crippen LogP contribution in [-0.2, 0) is 4.74 Å². The number of hydrogen-bond acceptors (Lipinski definition) is 2. The van der Waals surface area contributed by atoms with Crippen molar-refractivity contribution in [1.82, 2.24) is 5.32 Å². The molecule has 2 nitrogen and oxygen atoms in total. The zero-order valence-corrected chi connectivity index (χ0v) is 13.3. The molecule has 1 aromatic carbocycles. The molecule has 1 aromatic rings. The van der Waals surface area contributed by atoms with Crippen LogP contribution in [0.4, 0.5) is 0 Å². The van der Waals surface area contributed by atoms with E-state index in [1.54, 1.807) is 0 Å². The summed E-state index contributed by atoms with van der Waals surface area (Å²) in [5, 5.41) is 3.64. The normalized spacial score (nSPS) is 29.5. The highest BCUT2D eigenvalue weighted by Crippen LogP contribution is 2.36. The minimum absolute atomic E-state index is 0.391. The minimum Gasteiger partial charge on any atom is -0.377 e. The first kappa shape index (κ1) is 15.1. The summed E-state index contributed by atoms with van der Waals surface area (Å²) in [6.45, 7) is 4.20. The second-order valence-electron chi connectivity index (χ2n) is 6.73. The zero-order chi connectivity index (χ0) is 14.5. The average molecular weight is 287 g/mol. The Hall–Kier alpha value is -0.860. The molecule has 0 heterocycles. The van der Waals surface area contributed by atoms with E-state index in [1.165, 1.54) is 44.1 Å². The van der Waals surface area contributed by atoms with Gasteiger partial charge in [0.25, 0.3) is 0 Å². The van der Waals surface area contributed by atoms with Gasteiger partial charge in [0.05, 0.1) is 6.10 Å². The molecular weight excluding hydrogens is 258 g/mol. The molecular formula is C19H29NO. The lowest BCUT2D eigenvalue weighted by molar-refractivity contribution is -0.00258. The first-order chi connectivity index (χ1) is 10.4. The van der Waals surface area contributed by atoms with Gasteiger partial charge in [-0.25, -0.2) is 0 Å². The maximum Gasteiger partial charge on any atom is 0.0733 e. The molecule has 0 spiro atoms. The van der Waals surface area contributed by atoms with E-state index < -0.39 is 0 Å². The molecule has 3 unspecified atom stereocenters. The van der Waals surface area contributed by atoms with Crippen LogP contribution >= 0.6 is 0 Å². The van der Waals surface area contributed by atoms with E-state index in [0.29, 0.717) is 18.1 Å². The average Bonchev–Trinajstić information content (AvgIpc) is 3.34. The van der Waals surface area contributed by atoms with E-state index in [1.807, 2.05) is 0 Å². The molecule has 0 saturated heterocycles. The Labute approximate surface area is 129 Å². The monoisotopic (exact) mass is 287 g/mol. The van der Waals surface area contributed by atoms with Gasteiger partial charge >= 0.3 is 0 Å². The molecule has 21 heavy (non-hydrogen) atoms. The number of rotatable bonds is 7. The second kappa shape index (κ2) is 7.42. The van der Waals surface area contributed by atoms with Gasteiger partial charge < -0.3 is 10.1 Å². The van der Waals surface area contributed by atoms with Crippen molar-refractivity contribution in [2.24, 2.45) is 5.92 Å². The molecule has 3 rings (SSSR count). The van der Waals surface area contributed by atoms with Crippen LogP contribution in [0.5, 0.6) is 0 Å². The standard InChI is InChI=1S/C19H29NO/c1-2-20-18-11-10-17(16-6-4-3-5-7-16)14-19(18)21-13-12-15-8-9-15/h3-7,15,17-20H,2,8-14H2,1H3. The summed E-state index contributed by atoms with van der Waals surface area (Å²) in [6, 6.07) is 11.5. The van der Waals surface area contributed by atoms with Crippen LogP contribution in [0.1, 0.15) is 56.9 Å². The lowest BCUT2D eigenvalue weighted by Gasteiger charge is -2.36. The summed E-state index contributed by atoms with van der Waals surface area (Å²) in [5.41, 5.74) is 1.49. The lowest BCUT2D eigenvalue weighted by Crippen LogP contribution is -2.45. The summed E-state index contributed by atoms with van der Waals surface area (Å²) in [4.78, 5) is 0. The maximum absolute atomic E-state index is 6.29. The quantitative estimate of drug-likeness (QED) is 0.814. The van der Waals surface area contributed by atoms with E-state index in [0.717, 1.165) is 19.1 Å². The van der Waals surface area contributed by atoms with Crippen molar-refractivity contribution in [3.8, 4) is 0 Å². The minimum atomic E-state index is 0.391. The molecule has 0 bridgehead atoms. The molecule has 3 atom stereocenters. The van der Waals surface area contributed by atoms with Crippen LogP contribution < -0.4 is 5.32 Å². The third-order valence-electron chi connectivity index (χ3n) is 5.08. The van der Waals surface area contributed by atoms with Crippen LogP contribution in [0.2, 0.25) is 0 Å². The zero-order valence-electron chi connectivity index (χ0n) is 13.3. The van der Waals surface area contributed by atoms with Gasteiger partial charge in [-0.15, -0.1) is 0 Å². The SMILES string of the molecule is CCNC1CCC(c2ccccc2)CC1OCCC1CC1. The highest BCUT2D eigenvalue weighted by molar-refractivity contribution is 5.20. The fourth-order valence-corrected chi connectivity index (χ4v) is 3.63. The van der Waals surface area contributed by atoms with E-state index in [4.69, 9.17) is 4.74 Å². The van der Waals surface area contributed by atoms with Crippen LogP contribution in [0.25, 0.3) is 0 Å². The van der Waals surface area contributed by atoms with Gasteiger partial charge in [-0.2, -0.15) is 0 Å². The molecule has 2 aliphatic rings. The second-order valence-corrected chi connectivity index (χ2v) is 6.73. The van der Waals surface area contributed by atoms with E-state index in [9.17, 15) is 0 Å². The van der Waals surface area contributed by atoms with Crippen LogP contribution in [0.3, 0.4) is 0 Å². The number of likely N-dealkylation sites (N-methyl/N-ethyl adjacent to an activating group) is 1. The number of nitrogens with one attached hydrogen (secondary N) is 1. The highest BCUT2D eigenvalue weighted by Gasteiger charge is 2.31. The van der Waals surface area contributed by atoms with Crippen LogP contribution in [0, 0.1) is 5.92 Å². The van der Waals surface area contributed by atoms with E-state index in [-0.39, 0.29) is 0 Å². The summed E-state index contributed by atoms with van der Waals surface area (Å²) in [6.07, 6.45) is 8.21. The first-order valence-electron chi connectivity index (χ1n) is 8.76. The van der Waals surface area contributed by atoms with Gasteiger partial charge in [-0.05, 0) is 49.6 Å². The Balaban J connectivity index is 1.57. The van der Waals surface area contributed by atoms with E-state index >= 15 is 0 Å². The van der Waals surface area contributed by atoms with Gasteiger partial charge in [-0.1, -0.05) is 50.1 Å². The third-order valence-corrected chi connectivity index (χ3v) is 5.08. The largest absolute Gasteiger partial charge is 0.377 e. The lowest BCUT2D eigenvalue weighted by atomic mass is 9.80. The van der Waals surface area contributed by atoms with Crippen molar-refractivity contribution in [3.63, 3.8) is 0 Å². The predicted molar refractivity (Wildman–Crippen MR) is 87.6 cm³/mol. The van der Waals surface area contributed by atoms with Crippen molar-refractivity contribution in [3.05, 3.63) is 35.9 Å². The van der Waals surface area contributed by atoms with Gasteiger partial charge in [-0.3, -0.25) is 0 Å². The summed E-state index contributed by atoms with van der Waals surface area (Å²) >= 11 is 0. The Morgan fingerprint density at radius 1 is 1.10 bits per heavy atom. The summed E-state index contributed by atoms with van der Waals surface area (Å²) < 4.78 is 6.29. The molecule has 0 aliphatic heterocycles. The highest BCUT2D eigenvalue weighted by atomic mass is 16.5. The Bertz CT molecular complexity index is 415. The van der Waals surface area contributed by atoms with Crippen molar-refractivity contribution in [2.45, 2.75) is 63.5 Å². The van der Waals surface area contributed by atoms with Gasteiger partial charge in [0.2, 0.25) is 0 Å². The van der Waals surface area contributed by atoms with Crippen LogP contribution in [0.15, 0.2) is 30.3 Å². The van der Waals surface area contributed by atoms with Gasteiger partial charge in [0, 0.05) is 12.6 Å². The summed E-state index contributed by atoms with van der Waals surface area (Å²) in [7, 11) is 0. The molecule has 116 valence electrons. The predicted octanol–water partition coefficient (Wildman–Crippen LogP) is 4.12. The third kappa shape index (κ3) is 4.31. The van der Waals surface area contributed by atoms with Crippen molar-refractivity contribution in [1.29, 1.82) is 0 Å². The molecule has 1 N–H and O–H groups in total.